The molecule has 0 radical (unpaired) electrons. The van der Waals surface area contributed by atoms with Crippen LogP contribution in [-0.4, -0.2) is 40.7 Å². The van der Waals surface area contributed by atoms with Gasteiger partial charge in [-0.2, -0.15) is 0 Å². The molecule has 0 atom stereocenters. The molecular weight excluding hydrogens is 464 g/mol. The number of nitrogens with zero attached hydrogens (tertiary/aromatic N) is 2. The van der Waals surface area contributed by atoms with Gasteiger partial charge in [-0.05, 0) is 19.1 Å². The van der Waals surface area contributed by atoms with Gasteiger partial charge in [0.05, 0.1) is 0 Å². The maximum atomic E-state index is 14.6. The molecule has 1 aliphatic rings. The molecule has 3 rings (SSSR count). The molecule has 1 fully saturated rings. The maximum absolute atomic E-state index is 14.6. The number of alkyl halides is 4. The largest absolute Gasteiger partial charge is 0.333 e. The number of amides is 4. The highest BCUT2D eigenvalue weighted by molar-refractivity contribution is 6.30. The third-order valence-corrected chi connectivity index (χ3v) is 5.59. The molecule has 0 bridgehead atoms. The van der Waals surface area contributed by atoms with Gasteiger partial charge in [0.25, 0.3) is 11.8 Å². The molecule has 1 heterocycles. The van der Waals surface area contributed by atoms with Gasteiger partial charge in [0.1, 0.15) is 6.42 Å². The lowest BCUT2D eigenvalue weighted by atomic mass is 10.0. The van der Waals surface area contributed by atoms with Crippen molar-refractivity contribution in [2.24, 2.45) is 0 Å². The Morgan fingerprint density at radius 2 is 1.30 bits per heavy atom. The van der Waals surface area contributed by atoms with Gasteiger partial charge in [0, 0.05) is 42.1 Å². The Kier molecular flexibility index (Phi) is 7.11. The third kappa shape index (κ3) is 5.71. The van der Waals surface area contributed by atoms with Crippen LogP contribution >= 0.6 is 11.6 Å². The van der Waals surface area contributed by atoms with Crippen LogP contribution in [0.4, 0.5) is 22.4 Å². The van der Waals surface area contributed by atoms with Gasteiger partial charge < -0.3 is 0 Å². The minimum atomic E-state index is -3.41. The van der Waals surface area contributed by atoms with E-state index in [2.05, 4.69) is 0 Å². The molecule has 176 valence electrons. The lowest BCUT2D eigenvalue weighted by molar-refractivity contribution is -0.143. The number of rotatable bonds is 8. The van der Waals surface area contributed by atoms with Gasteiger partial charge in [-0.3, -0.25) is 19.4 Å². The molecule has 5 nitrogen and oxygen atoms in total. The van der Waals surface area contributed by atoms with Crippen molar-refractivity contribution in [3.8, 4) is 0 Å². The Hall–Kier alpha value is -2.94. The predicted octanol–water partition coefficient (Wildman–Crippen LogP) is 5.49. The smallest absolute Gasteiger partial charge is 0.274 e. The Labute approximate surface area is 192 Å². The van der Waals surface area contributed by atoms with Crippen molar-refractivity contribution in [1.82, 2.24) is 9.80 Å². The summed E-state index contributed by atoms with van der Waals surface area (Å²) in [6.07, 6.45) is -2.54. The van der Waals surface area contributed by atoms with E-state index >= 15 is 0 Å². The van der Waals surface area contributed by atoms with Gasteiger partial charge in [0.15, 0.2) is 0 Å². The van der Waals surface area contributed by atoms with E-state index in [-0.39, 0.29) is 10.6 Å². The van der Waals surface area contributed by atoms with Crippen LogP contribution in [0.5, 0.6) is 0 Å². The van der Waals surface area contributed by atoms with Crippen LogP contribution in [-0.2, 0) is 21.4 Å². The van der Waals surface area contributed by atoms with Crippen LogP contribution in [0.15, 0.2) is 48.5 Å². The first kappa shape index (κ1) is 24.7. The number of hydrogen-bond acceptors (Lipinski definition) is 3. The van der Waals surface area contributed by atoms with Gasteiger partial charge >= 0.3 is 6.03 Å². The second-order valence-corrected chi connectivity index (χ2v) is 8.28. The molecule has 0 unspecified atom stereocenters. The first-order valence-corrected chi connectivity index (χ1v) is 10.5. The zero-order valence-corrected chi connectivity index (χ0v) is 18.4. The molecular formula is C23H21ClF4N2O3. The van der Waals surface area contributed by atoms with Crippen molar-refractivity contribution >= 4 is 29.4 Å². The lowest BCUT2D eigenvalue weighted by Gasteiger charge is -2.34. The fraction of sp³-hybridized carbons (Fsp3) is 0.348. The van der Waals surface area contributed by atoms with Gasteiger partial charge in [-0.1, -0.05) is 53.6 Å². The van der Waals surface area contributed by atoms with E-state index in [1.807, 2.05) is 0 Å². The third-order valence-electron chi connectivity index (χ3n) is 5.35. The topological polar surface area (TPSA) is 57.7 Å². The molecule has 0 aromatic heterocycles. The Balaban J connectivity index is 1.69. The van der Waals surface area contributed by atoms with Crippen molar-refractivity contribution in [2.45, 2.75) is 38.0 Å². The van der Waals surface area contributed by atoms with Gasteiger partial charge in [-0.25, -0.2) is 22.4 Å². The number of carbonyl (C=O) groups excluding carboxylic acids is 3. The van der Waals surface area contributed by atoms with Crippen LogP contribution in [0, 0.1) is 6.92 Å². The molecule has 1 saturated heterocycles. The minimum Gasteiger partial charge on any atom is -0.274 e. The van der Waals surface area contributed by atoms with Crippen LogP contribution in [0.1, 0.15) is 36.0 Å². The Morgan fingerprint density at radius 1 is 0.818 bits per heavy atom. The molecule has 2 aromatic carbocycles. The van der Waals surface area contributed by atoms with Gasteiger partial charge in [0.2, 0.25) is 11.8 Å². The monoisotopic (exact) mass is 484 g/mol. The lowest BCUT2D eigenvalue weighted by Crippen LogP contribution is -2.56. The van der Waals surface area contributed by atoms with E-state index in [4.69, 9.17) is 11.6 Å². The first-order valence-electron chi connectivity index (χ1n) is 10.1. The fourth-order valence-corrected chi connectivity index (χ4v) is 3.69. The Bertz CT molecular complexity index is 996. The summed E-state index contributed by atoms with van der Waals surface area (Å²) in [5.74, 6) is -8.63. The molecule has 10 heteroatoms. The molecule has 4 amide bonds. The van der Waals surface area contributed by atoms with E-state index in [9.17, 15) is 31.9 Å². The highest BCUT2D eigenvalue weighted by Gasteiger charge is 2.42. The zero-order valence-electron chi connectivity index (χ0n) is 17.7. The minimum absolute atomic E-state index is 0.101. The normalized spacial score (nSPS) is 15.4. The summed E-state index contributed by atoms with van der Waals surface area (Å²) < 4.78 is 58.3. The summed E-state index contributed by atoms with van der Waals surface area (Å²) in [6, 6.07) is 9.48. The summed E-state index contributed by atoms with van der Waals surface area (Å²) in [5, 5.41) is 0.101. The Morgan fingerprint density at radius 3 is 1.79 bits per heavy atom. The van der Waals surface area contributed by atoms with Crippen LogP contribution in [0.25, 0.3) is 0 Å². The highest BCUT2D eigenvalue weighted by atomic mass is 35.5. The number of aryl methyl sites for hydroxylation is 1. The number of hydrogen-bond donors (Lipinski definition) is 0. The van der Waals surface area contributed by atoms with E-state index in [1.54, 1.807) is 13.0 Å². The van der Waals surface area contributed by atoms with Crippen molar-refractivity contribution in [1.29, 1.82) is 0 Å². The molecule has 2 aromatic rings. The number of imide groups is 2. The van der Waals surface area contributed by atoms with Crippen LogP contribution < -0.4 is 0 Å². The van der Waals surface area contributed by atoms with Crippen molar-refractivity contribution < 1.29 is 31.9 Å². The van der Waals surface area contributed by atoms with E-state index in [1.165, 1.54) is 30.3 Å². The van der Waals surface area contributed by atoms with Crippen LogP contribution in [0.3, 0.4) is 0 Å². The first-order chi connectivity index (χ1) is 15.4. The quantitative estimate of drug-likeness (QED) is 0.367. The molecule has 0 spiro atoms. The van der Waals surface area contributed by atoms with E-state index in [0.29, 0.717) is 15.4 Å². The number of urea groups is 1. The summed E-state index contributed by atoms with van der Waals surface area (Å²) in [7, 11) is 0. The molecule has 0 saturated carbocycles. The fourth-order valence-electron chi connectivity index (χ4n) is 3.50. The molecule has 0 N–H and O–H groups in total. The average molecular weight is 485 g/mol. The summed E-state index contributed by atoms with van der Waals surface area (Å²) in [5.41, 5.74) is -0.0409. The second kappa shape index (κ2) is 9.51. The number of halogens is 5. The maximum Gasteiger partial charge on any atom is 0.333 e. The van der Waals surface area contributed by atoms with Gasteiger partial charge in [-0.15, -0.1) is 0 Å². The molecule has 1 aliphatic heterocycles. The average Bonchev–Trinajstić information content (AvgIpc) is 2.73. The zero-order chi connectivity index (χ0) is 24.4. The van der Waals surface area contributed by atoms with Crippen molar-refractivity contribution in [3.63, 3.8) is 0 Å². The number of carbonyl (C=O) groups is 3. The molecule has 33 heavy (non-hydrogen) atoms. The van der Waals surface area contributed by atoms with E-state index in [0.717, 1.165) is 12.1 Å². The summed E-state index contributed by atoms with van der Waals surface area (Å²) >= 11 is 5.75. The van der Waals surface area contributed by atoms with E-state index < -0.39 is 67.6 Å². The van der Waals surface area contributed by atoms with Crippen molar-refractivity contribution in [3.05, 3.63) is 70.2 Å². The number of barbiturate groups is 1. The SMILES string of the molecule is Cc1cccc(C(F)(F)CCN2C(=O)CC(=O)N(CCC(F)(F)c3cccc(Cl)c3)C2=O)c1. The second-order valence-electron chi connectivity index (χ2n) is 7.84. The highest BCUT2D eigenvalue weighted by Crippen LogP contribution is 2.35. The summed E-state index contributed by atoms with van der Waals surface area (Å²) in [4.78, 5) is 38.0. The standard InChI is InChI=1S/C23H21ClF4N2O3/c1-15-4-2-5-16(12-15)22(25,26)8-10-29-19(31)14-20(32)30(21(29)33)11-9-23(27,28)17-6-3-7-18(24)13-17/h2-7,12-13H,8-11,14H2,1H3. The van der Waals surface area contributed by atoms with Crippen LogP contribution in [0.2, 0.25) is 5.02 Å². The number of benzene rings is 2. The predicted molar refractivity (Wildman–Crippen MR) is 113 cm³/mol. The van der Waals surface area contributed by atoms with Crippen molar-refractivity contribution in [2.75, 3.05) is 13.1 Å². The molecule has 0 aliphatic carbocycles. The summed E-state index contributed by atoms with van der Waals surface area (Å²) in [6.45, 7) is 0.308.